The van der Waals surface area contributed by atoms with Crippen LogP contribution in [0.2, 0.25) is 5.02 Å². The number of carbonyl (C=O) groups excluding carboxylic acids is 3. The first kappa shape index (κ1) is 22.3. The molecule has 2 aromatic carbocycles. The van der Waals surface area contributed by atoms with Gasteiger partial charge in [-0.1, -0.05) is 11.6 Å². The molecule has 29 heavy (non-hydrogen) atoms. The number of halogens is 2. The van der Waals surface area contributed by atoms with E-state index in [0.717, 1.165) is 0 Å². The van der Waals surface area contributed by atoms with Crippen LogP contribution in [0.1, 0.15) is 12.8 Å². The first-order valence-corrected chi connectivity index (χ1v) is 9.36. The zero-order valence-corrected chi connectivity index (χ0v) is 17.2. The van der Waals surface area contributed by atoms with Gasteiger partial charge in [-0.15, -0.1) is 0 Å². The molecule has 0 heterocycles. The average molecular weight is 485 g/mol. The van der Waals surface area contributed by atoms with Gasteiger partial charge in [0, 0.05) is 34.4 Å². The van der Waals surface area contributed by atoms with Crippen molar-refractivity contribution >= 4 is 62.4 Å². The van der Waals surface area contributed by atoms with Crippen molar-refractivity contribution in [2.24, 2.45) is 0 Å². The topological polar surface area (TPSA) is 128 Å². The van der Waals surface area contributed by atoms with E-state index in [4.69, 9.17) is 16.3 Å². The Kier molecular flexibility index (Phi) is 8.10. The minimum absolute atomic E-state index is 0.102. The van der Waals surface area contributed by atoms with E-state index in [1.807, 2.05) is 0 Å². The van der Waals surface area contributed by atoms with Crippen LogP contribution in [-0.4, -0.2) is 29.3 Å². The fraction of sp³-hybridized carbons (Fsp3) is 0.167. The minimum atomic E-state index is -0.715. The van der Waals surface area contributed by atoms with Crippen molar-refractivity contribution in [2.45, 2.75) is 12.8 Å². The molecule has 0 unspecified atom stereocenters. The number of amides is 2. The molecule has 0 aliphatic rings. The molecule has 2 rings (SSSR count). The second-order valence-corrected chi connectivity index (χ2v) is 6.95. The van der Waals surface area contributed by atoms with Crippen LogP contribution >= 0.6 is 27.5 Å². The molecule has 0 aliphatic heterocycles. The number of benzene rings is 2. The number of nitrogens with zero attached hydrogens (tertiary/aromatic N) is 1. The van der Waals surface area contributed by atoms with Crippen molar-refractivity contribution < 1.29 is 24.0 Å². The summed E-state index contributed by atoms with van der Waals surface area (Å²) in [5, 5.41) is 16.0. The summed E-state index contributed by atoms with van der Waals surface area (Å²) in [6.45, 7) is -0.503. The van der Waals surface area contributed by atoms with E-state index in [2.05, 4.69) is 26.6 Å². The lowest BCUT2D eigenvalue weighted by atomic mass is 10.2. The lowest BCUT2D eigenvalue weighted by molar-refractivity contribution is -0.384. The summed E-state index contributed by atoms with van der Waals surface area (Å²) in [5.41, 5.74) is 0.707. The molecule has 9 nitrogen and oxygen atoms in total. The predicted molar refractivity (Wildman–Crippen MR) is 110 cm³/mol. The Morgan fingerprint density at radius 3 is 2.24 bits per heavy atom. The van der Waals surface area contributed by atoms with E-state index in [0.29, 0.717) is 20.9 Å². The average Bonchev–Trinajstić information content (AvgIpc) is 2.68. The van der Waals surface area contributed by atoms with Crippen molar-refractivity contribution in [1.29, 1.82) is 0 Å². The summed E-state index contributed by atoms with van der Waals surface area (Å²) in [6, 6.07) is 10.1. The maximum Gasteiger partial charge on any atom is 0.306 e. The van der Waals surface area contributed by atoms with Gasteiger partial charge in [0.15, 0.2) is 6.61 Å². The van der Waals surface area contributed by atoms with Crippen molar-refractivity contribution in [3.8, 4) is 0 Å². The van der Waals surface area contributed by atoms with Gasteiger partial charge in [-0.05, 0) is 46.3 Å². The molecule has 152 valence electrons. The van der Waals surface area contributed by atoms with Crippen molar-refractivity contribution in [3.63, 3.8) is 0 Å². The molecular formula is C18H15BrClN3O6. The molecular weight excluding hydrogens is 470 g/mol. The number of nitro groups is 1. The van der Waals surface area contributed by atoms with Gasteiger partial charge >= 0.3 is 5.97 Å². The number of esters is 1. The molecule has 11 heteroatoms. The largest absolute Gasteiger partial charge is 0.456 e. The first-order valence-electron chi connectivity index (χ1n) is 8.19. The normalized spacial score (nSPS) is 10.1. The summed E-state index contributed by atoms with van der Waals surface area (Å²) >= 11 is 9.15. The summed E-state index contributed by atoms with van der Waals surface area (Å²) in [6.07, 6.45) is -0.393. The zero-order chi connectivity index (χ0) is 21.4. The summed E-state index contributed by atoms with van der Waals surface area (Å²) in [4.78, 5) is 45.3. The fourth-order valence-electron chi connectivity index (χ4n) is 2.09. The van der Waals surface area contributed by atoms with Crippen molar-refractivity contribution in [3.05, 3.63) is 62.1 Å². The van der Waals surface area contributed by atoms with Crippen LogP contribution in [0.15, 0.2) is 46.9 Å². The van der Waals surface area contributed by atoms with Crippen LogP contribution in [-0.2, 0) is 19.1 Å². The number of anilines is 2. The summed E-state index contributed by atoms with van der Waals surface area (Å²) < 4.78 is 5.50. The SMILES string of the molecule is O=C(CCC(=O)OCC(=O)Nc1ccc(Br)c(Cl)c1)Nc1ccc([N+](=O)[O-])cc1. The Morgan fingerprint density at radius 1 is 1.00 bits per heavy atom. The van der Waals surface area contributed by atoms with Crippen LogP contribution < -0.4 is 10.6 Å². The van der Waals surface area contributed by atoms with Gasteiger partial charge < -0.3 is 15.4 Å². The Hall–Kier alpha value is -2.98. The molecule has 0 atom stereocenters. The quantitative estimate of drug-likeness (QED) is 0.332. The fourth-order valence-corrected chi connectivity index (χ4v) is 2.52. The van der Waals surface area contributed by atoms with Gasteiger partial charge in [-0.2, -0.15) is 0 Å². The number of rotatable bonds is 8. The van der Waals surface area contributed by atoms with Crippen LogP contribution in [0.5, 0.6) is 0 Å². The third-order valence-electron chi connectivity index (χ3n) is 3.49. The third-order valence-corrected chi connectivity index (χ3v) is 4.72. The molecule has 0 fully saturated rings. The van der Waals surface area contributed by atoms with Crippen LogP contribution in [0.25, 0.3) is 0 Å². The lowest BCUT2D eigenvalue weighted by Crippen LogP contribution is -2.21. The van der Waals surface area contributed by atoms with Crippen LogP contribution in [0, 0.1) is 10.1 Å². The molecule has 0 spiro atoms. The highest BCUT2D eigenvalue weighted by atomic mass is 79.9. The van der Waals surface area contributed by atoms with Crippen LogP contribution in [0.4, 0.5) is 17.1 Å². The van der Waals surface area contributed by atoms with Crippen LogP contribution in [0.3, 0.4) is 0 Å². The van der Waals surface area contributed by atoms with E-state index >= 15 is 0 Å². The monoisotopic (exact) mass is 483 g/mol. The Labute approximate surface area is 178 Å². The number of ether oxygens (including phenoxy) is 1. The highest BCUT2D eigenvalue weighted by Gasteiger charge is 2.12. The van der Waals surface area contributed by atoms with E-state index < -0.39 is 29.3 Å². The molecule has 0 radical (unpaired) electrons. The zero-order valence-electron chi connectivity index (χ0n) is 14.8. The number of hydrogen-bond acceptors (Lipinski definition) is 6. The van der Waals surface area contributed by atoms with Gasteiger partial charge in [0.2, 0.25) is 5.91 Å². The molecule has 2 amide bonds. The van der Waals surface area contributed by atoms with E-state index in [9.17, 15) is 24.5 Å². The standard InChI is InChI=1S/C18H15BrClN3O6/c19-14-6-3-12(9-15(14)20)22-17(25)10-29-18(26)8-7-16(24)21-11-1-4-13(5-2-11)23(27)28/h1-6,9H,7-8,10H2,(H,21,24)(H,22,25). The maximum atomic E-state index is 11.8. The molecule has 0 aromatic heterocycles. The maximum absolute atomic E-state index is 11.8. The summed E-state index contributed by atoms with van der Waals surface area (Å²) in [7, 11) is 0. The minimum Gasteiger partial charge on any atom is -0.456 e. The Bertz CT molecular complexity index is 936. The highest BCUT2D eigenvalue weighted by molar-refractivity contribution is 9.10. The number of hydrogen-bond donors (Lipinski definition) is 2. The van der Waals surface area contributed by atoms with Gasteiger partial charge in [0.1, 0.15) is 0 Å². The van der Waals surface area contributed by atoms with Gasteiger partial charge in [-0.3, -0.25) is 24.5 Å². The van der Waals surface area contributed by atoms with E-state index in [-0.39, 0.29) is 18.5 Å². The van der Waals surface area contributed by atoms with Crippen molar-refractivity contribution in [1.82, 2.24) is 0 Å². The molecule has 2 N–H and O–H groups in total. The van der Waals surface area contributed by atoms with Gasteiger partial charge in [0.25, 0.3) is 11.6 Å². The Balaban J connectivity index is 1.70. The third kappa shape index (κ3) is 7.51. The Morgan fingerprint density at radius 2 is 1.62 bits per heavy atom. The van der Waals surface area contributed by atoms with Crippen molar-refractivity contribution in [2.75, 3.05) is 17.2 Å². The lowest BCUT2D eigenvalue weighted by Gasteiger charge is -2.08. The molecule has 0 bridgehead atoms. The molecule has 2 aromatic rings. The molecule has 0 aliphatic carbocycles. The highest BCUT2D eigenvalue weighted by Crippen LogP contribution is 2.25. The second kappa shape index (κ2) is 10.5. The number of non-ortho nitro benzene ring substituents is 1. The first-order chi connectivity index (χ1) is 13.7. The van der Waals surface area contributed by atoms with E-state index in [1.54, 1.807) is 12.1 Å². The van der Waals surface area contributed by atoms with Gasteiger partial charge in [-0.25, -0.2) is 0 Å². The summed E-state index contributed by atoms with van der Waals surface area (Å²) in [5.74, 6) is -1.73. The second-order valence-electron chi connectivity index (χ2n) is 5.69. The number of carbonyl (C=O) groups is 3. The molecule has 0 saturated carbocycles. The predicted octanol–water partition coefficient (Wildman–Crippen LogP) is 3.91. The number of nitro benzene ring substituents is 1. The van der Waals surface area contributed by atoms with Gasteiger partial charge in [0.05, 0.1) is 16.4 Å². The number of nitrogens with one attached hydrogen (secondary N) is 2. The molecule has 0 saturated heterocycles. The van der Waals surface area contributed by atoms with E-state index in [1.165, 1.54) is 30.3 Å². The smallest absolute Gasteiger partial charge is 0.306 e.